The van der Waals surface area contributed by atoms with Gasteiger partial charge in [-0.2, -0.15) is 0 Å². The number of carboxylic acids is 1. The first-order chi connectivity index (χ1) is 9.06. The number of aliphatic carboxylic acids is 1. The van der Waals surface area contributed by atoms with Gasteiger partial charge in [-0.15, -0.1) is 0 Å². The van der Waals surface area contributed by atoms with Crippen LogP contribution < -0.4 is 0 Å². The topological polar surface area (TPSA) is 50.2 Å². The van der Waals surface area contributed by atoms with Crippen molar-refractivity contribution in [1.82, 2.24) is 4.98 Å². The van der Waals surface area contributed by atoms with Crippen LogP contribution in [0.2, 0.25) is 5.02 Å². The molecule has 0 aliphatic carbocycles. The second kappa shape index (κ2) is 5.80. The van der Waals surface area contributed by atoms with E-state index in [-0.39, 0.29) is 6.42 Å². The van der Waals surface area contributed by atoms with Gasteiger partial charge in [0, 0.05) is 11.2 Å². The summed E-state index contributed by atoms with van der Waals surface area (Å²) in [7, 11) is 0. The van der Waals surface area contributed by atoms with Crippen molar-refractivity contribution in [2.75, 3.05) is 0 Å². The fraction of sp³-hybridized carbons (Fsp3) is 0.143. The molecule has 1 N–H and O–H groups in total. The van der Waals surface area contributed by atoms with Crippen molar-refractivity contribution in [3.05, 3.63) is 64.7 Å². The summed E-state index contributed by atoms with van der Waals surface area (Å²) in [5.74, 6) is -2.23. The van der Waals surface area contributed by atoms with Crippen molar-refractivity contribution in [3.8, 4) is 0 Å². The highest BCUT2D eigenvalue weighted by molar-refractivity contribution is 6.30. The highest BCUT2D eigenvalue weighted by Crippen LogP contribution is 2.24. The first-order valence-corrected chi connectivity index (χ1v) is 6.02. The Hall–Kier alpha value is -1.94. The summed E-state index contributed by atoms with van der Waals surface area (Å²) in [6.45, 7) is 0. The molecule has 1 atom stereocenters. The number of aromatic nitrogens is 1. The Morgan fingerprint density at radius 2 is 2.16 bits per heavy atom. The molecule has 19 heavy (non-hydrogen) atoms. The van der Waals surface area contributed by atoms with E-state index in [4.69, 9.17) is 11.6 Å². The molecular formula is C14H11ClFNO2. The highest BCUT2D eigenvalue weighted by Gasteiger charge is 2.20. The van der Waals surface area contributed by atoms with Crippen molar-refractivity contribution >= 4 is 17.6 Å². The number of halogens is 2. The molecule has 98 valence electrons. The van der Waals surface area contributed by atoms with Gasteiger partial charge in [0.2, 0.25) is 0 Å². The van der Waals surface area contributed by atoms with Crippen LogP contribution in [-0.4, -0.2) is 16.1 Å². The fourth-order valence-corrected chi connectivity index (χ4v) is 2.07. The van der Waals surface area contributed by atoms with Crippen molar-refractivity contribution in [1.29, 1.82) is 0 Å². The molecule has 0 saturated heterocycles. The maximum atomic E-state index is 13.1. The molecule has 0 aliphatic heterocycles. The Balaban J connectivity index is 2.29. The van der Waals surface area contributed by atoms with Crippen LogP contribution in [0.4, 0.5) is 4.39 Å². The predicted molar refractivity (Wildman–Crippen MR) is 69.7 cm³/mol. The maximum Gasteiger partial charge on any atom is 0.311 e. The monoisotopic (exact) mass is 279 g/mol. The molecular weight excluding hydrogens is 269 g/mol. The lowest BCUT2D eigenvalue weighted by Gasteiger charge is -2.13. The molecule has 0 bridgehead atoms. The summed E-state index contributed by atoms with van der Waals surface area (Å²) in [5.41, 5.74) is 1.12. The van der Waals surface area contributed by atoms with E-state index in [1.165, 1.54) is 12.3 Å². The molecule has 3 nitrogen and oxygen atoms in total. The van der Waals surface area contributed by atoms with Crippen LogP contribution in [0.15, 0.2) is 42.7 Å². The van der Waals surface area contributed by atoms with Crippen LogP contribution in [-0.2, 0) is 11.2 Å². The van der Waals surface area contributed by atoms with E-state index in [0.717, 1.165) is 6.20 Å². The van der Waals surface area contributed by atoms with Crippen LogP contribution in [0.5, 0.6) is 0 Å². The van der Waals surface area contributed by atoms with Crippen LogP contribution in [0.1, 0.15) is 17.0 Å². The van der Waals surface area contributed by atoms with Crippen molar-refractivity contribution in [3.63, 3.8) is 0 Å². The molecule has 0 amide bonds. The van der Waals surface area contributed by atoms with Gasteiger partial charge in [0.05, 0.1) is 12.1 Å². The van der Waals surface area contributed by atoms with Gasteiger partial charge in [0.15, 0.2) is 0 Å². The van der Waals surface area contributed by atoms with E-state index in [9.17, 15) is 14.3 Å². The third-order valence-electron chi connectivity index (χ3n) is 2.75. The van der Waals surface area contributed by atoms with Crippen LogP contribution in [0, 0.1) is 5.82 Å². The van der Waals surface area contributed by atoms with E-state index in [1.807, 2.05) is 0 Å². The Labute approximate surface area is 114 Å². The van der Waals surface area contributed by atoms with Gasteiger partial charge in [-0.25, -0.2) is 4.39 Å². The minimum atomic E-state index is -0.980. The van der Waals surface area contributed by atoms with Gasteiger partial charge >= 0.3 is 5.97 Å². The van der Waals surface area contributed by atoms with E-state index in [2.05, 4.69) is 4.98 Å². The zero-order valence-corrected chi connectivity index (χ0v) is 10.6. The summed E-state index contributed by atoms with van der Waals surface area (Å²) >= 11 is 5.86. The lowest BCUT2D eigenvalue weighted by molar-refractivity contribution is -0.138. The Morgan fingerprint density at radius 1 is 1.37 bits per heavy atom. The molecule has 0 radical (unpaired) electrons. The number of carboxylic acid groups (broad SMARTS) is 1. The molecule has 1 unspecified atom stereocenters. The number of hydrogen-bond donors (Lipinski definition) is 1. The first-order valence-electron chi connectivity index (χ1n) is 5.64. The maximum absolute atomic E-state index is 13.1. The Morgan fingerprint density at radius 3 is 2.79 bits per heavy atom. The van der Waals surface area contributed by atoms with Crippen molar-refractivity contribution < 1.29 is 14.3 Å². The molecule has 0 spiro atoms. The molecule has 2 rings (SSSR count). The normalized spacial score (nSPS) is 12.1. The van der Waals surface area contributed by atoms with Crippen LogP contribution in [0.3, 0.4) is 0 Å². The summed E-state index contributed by atoms with van der Waals surface area (Å²) in [4.78, 5) is 15.1. The number of hydrogen-bond acceptors (Lipinski definition) is 2. The van der Waals surface area contributed by atoms with E-state index in [1.54, 1.807) is 24.3 Å². The third kappa shape index (κ3) is 3.51. The predicted octanol–water partition coefficient (Wildman–Crippen LogP) is 3.29. The number of benzene rings is 1. The summed E-state index contributed by atoms with van der Waals surface area (Å²) in [5, 5.41) is 9.76. The van der Waals surface area contributed by atoms with E-state index >= 15 is 0 Å². The molecule has 0 saturated carbocycles. The van der Waals surface area contributed by atoms with Crippen LogP contribution >= 0.6 is 11.6 Å². The quantitative estimate of drug-likeness (QED) is 0.934. The van der Waals surface area contributed by atoms with Gasteiger partial charge in [0.25, 0.3) is 0 Å². The molecule has 1 aromatic heterocycles. The minimum Gasteiger partial charge on any atom is -0.481 e. The second-order valence-corrected chi connectivity index (χ2v) is 4.60. The highest BCUT2D eigenvalue weighted by atomic mass is 35.5. The molecule has 2 aromatic rings. The number of rotatable bonds is 4. The Bertz CT molecular complexity index is 604. The van der Waals surface area contributed by atoms with E-state index < -0.39 is 17.7 Å². The Kier molecular flexibility index (Phi) is 4.12. The molecule has 1 aromatic carbocycles. The molecule has 0 aliphatic rings. The number of pyridine rings is 1. The van der Waals surface area contributed by atoms with Gasteiger partial charge in [0.1, 0.15) is 5.82 Å². The molecule has 5 heteroatoms. The molecule has 0 fully saturated rings. The zero-order chi connectivity index (χ0) is 13.8. The summed E-state index contributed by atoms with van der Waals surface area (Å²) in [6, 6.07) is 7.95. The minimum absolute atomic E-state index is 0.167. The largest absolute Gasteiger partial charge is 0.481 e. The first kappa shape index (κ1) is 13.5. The van der Waals surface area contributed by atoms with Gasteiger partial charge in [-0.3, -0.25) is 9.78 Å². The molecule has 1 heterocycles. The standard InChI is InChI=1S/C14H11ClFNO2/c15-11-3-1-2-10(6-11)13(14(18)19)5-9-4-12(16)8-17-7-9/h1-4,6-8,13H,5H2,(H,18,19). The average Bonchev–Trinajstić information content (AvgIpc) is 2.35. The van der Waals surface area contributed by atoms with Crippen molar-refractivity contribution in [2.24, 2.45) is 0 Å². The van der Waals surface area contributed by atoms with Gasteiger partial charge in [-0.05, 0) is 35.7 Å². The van der Waals surface area contributed by atoms with E-state index in [0.29, 0.717) is 16.1 Å². The summed E-state index contributed by atoms with van der Waals surface area (Å²) < 4.78 is 13.1. The third-order valence-corrected chi connectivity index (χ3v) is 2.99. The van der Waals surface area contributed by atoms with Gasteiger partial charge < -0.3 is 5.11 Å². The lowest BCUT2D eigenvalue weighted by Crippen LogP contribution is -2.14. The number of carbonyl (C=O) groups is 1. The zero-order valence-electron chi connectivity index (χ0n) is 9.88. The van der Waals surface area contributed by atoms with Gasteiger partial charge in [-0.1, -0.05) is 23.7 Å². The summed E-state index contributed by atoms with van der Waals surface area (Å²) in [6.07, 6.45) is 2.71. The van der Waals surface area contributed by atoms with Crippen LogP contribution in [0.25, 0.3) is 0 Å². The van der Waals surface area contributed by atoms with Crippen molar-refractivity contribution in [2.45, 2.75) is 12.3 Å². The SMILES string of the molecule is O=C(O)C(Cc1cncc(F)c1)c1cccc(Cl)c1. The smallest absolute Gasteiger partial charge is 0.311 e. The lowest BCUT2D eigenvalue weighted by atomic mass is 9.93. The average molecular weight is 280 g/mol. The second-order valence-electron chi connectivity index (χ2n) is 4.16. The fourth-order valence-electron chi connectivity index (χ4n) is 1.87. The number of nitrogens with zero attached hydrogens (tertiary/aromatic N) is 1.